The summed E-state index contributed by atoms with van der Waals surface area (Å²) in [7, 11) is 3.35. The number of para-hydroxylation sites is 1. The number of benzene rings is 1. The predicted octanol–water partition coefficient (Wildman–Crippen LogP) is 1.79. The average molecular weight is 382 g/mol. The van der Waals surface area contributed by atoms with Crippen molar-refractivity contribution < 1.29 is 9.47 Å². The normalized spacial score (nSPS) is 17.3. The minimum absolute atomic E-state index is 0.329. The van der Waals surface area contributed by atoms with Gasteiger partial charge in [-0.2, -0.15) is 5.10 Å². The molecule has 1 fully saturated rings. The van der Waals surface area contributed by atoms with E-state index in [4.69, 9.17) is 20.3 Å². The van der Waals surface area contributed by atoms with Crippen LogP contribution in [0.3, 0.4) is 0 Å². The summed E-state index contributed by atoms with van der Waals surface area (Å²) in [5.74, 6) is 1.89. The molecule has 1 aromatic carbocycles. The highest BCUT2D eigenvalue weighted by molar-refractivity contribution is 5.73. The molecule has 1 atom stereocenters. The fourth-order valence-electron chi connectivity index (χ4n) is 4.00. The molecule has 148 valence electrons. The van der Waals surface area contributed by atoms with Gasteiger partial charge in [-0.25, -0.2) is 14.6 Å². The number of hydrogen-bond donors (Lipinski definition) is 1. The highest BCUT2D eigenvalue weighted by atomic mass is 16.5. The first-order valence-corrected chi connectivity index (χ1v) is 9.54. The van der Waals surface area contributed by atoms with E-state index in [2.05, 4.69) is 20.9 Å². The molecule has 1 aliphatic heterocycles. The van der Waals surface area contributed by atoms with Crippen LogP contribution in [0, 0.1) is 0 Å². The van der Waals surface area contributed by atoms with Gasteiger partial charge < -0.3 is 15.2 Å². The Hall–Kier alpha value is -2.71. The Morgan fingerprint density at radius 3 is 2.82 bits per heavy atom. The molecular formula is C20H26N6O2. The molecule has 4 rings (SSSR count). The van der Waals surface area contributed by atoms with Crippen LogP contribution in [0.2, 0.25) is 0 Å². The van der Waals surface area contributed by atoms with Crippen molar-refractivity contribution in [1.82, 2.24) is 24.6 Å². The van der Waals surface area contributed by atoms with Gasteiger partial charge in [-0.3, -0.25) is 4.90 Å². The first kappa shape index (κ1) is 18.6. The lowest BCUT2D eigenvalue weighted by Gasteiger charge is -2.19. The Kier molecular flexibility index (Phi) is 5.40. The van der Waals surface area contributed by atoms with E-state index in [0.717, 1.165) is 60.0 Å². The molecule has 0 unspecified atom stereocenters. The Morgan fingerprint density at radius 2 is 2.04 bits per heavy atom. The fraction of sp³-hybridized carbons (Fsp3) is 0.450. The lowest BCUT2D eigenvalue weighted by atomic mass is 10.0. The van der Waals surface area contributed by atoms with Crippen molar-refractivity contribution in [2.75, 3.05) is 33.9 Å². The maximum absolute atomic E-state index is 5.73. The van der Waals surface area contributed by atoms with Crippen LogP contribution < -0.4 is 15.2 Å². The molecule has 8 heteroatoms. The Labute approximate surface area is 164 Å². The molecule has 1 aliphatic rings. The topological polar surface area (TPSA) is 91.3 Å². The molecule has 0 saturated carbocycles. The molecule has 2 N–H and O–H groups in total. The SMILES string of the molecule is COc1cccc(CN2CC[C@H](c3nn(CCN)c4nccnc34)C2)c1OC. The first-order chi connectivity index (χ1) is 13.7. The van der Waals surface area contributed by atoms with Crippen LogP contribution in [0.25, 0.3) is 11.2 Å². The molecule has 3 heterocycles. The molecule has 3 aromatic rings. The highest BCUT2D eigenvalue weighted by Crippen LogP contribution is 2.35. The monoisotopic (exact) mass is 382 g/mol. The van der Waals surface area contributed by atoms with Crippen molar-refractivity contribution in [1.29, 1.82) is 0 Å². The van der Waals surface area contributed by atoms with E-state index in [1.807, 2.05) is 16.8 Å². The molecule has 0 bridgehead atoms. The molecule has 0 aliphatic carbocycles. The number of ether oxygens (including phenoxy) is 2. The average Bonchev–Trinajstić information content (AvgIpc) is 3.33. The lowest BCUT2D eigenvalue weighted by molar-refractivity contribution is 0.308. The van der Waals surface area contributed by atoms with Gasteiger partial charge in [-0.05, 0) is 19.0 Å². The fourth-order valence-corrected chi connectivity index (χ4v) is 4.00. The van der Waals surface area contributed by atoms with Gasteiger partial charge in [0.05, 0.1) is 26.5 Å². The third-order valence-corrected chi connectivity index (χ3v) is 5.27. The van der Waals surface area contributed by atoms with Gasteiger partial charge >= 0.3 is 0 Å². The minimum atomic E-state index is 0.329. The predicted molar refractivity (Wildman–Crippen MR) is 107 cm³/mol. The third kappa shape index (κ3) is 3.41. The van der Waals surface area contributed by atoms with Crippen LogP contribution >= 0.6 is 0 Å². The van der Waals surface area contributed by atoms with Gasteiger partial charge in [0.2, 0.25) is 0 Å². The summed E-state index contributed by atoms with van der Waals surface area (Å²) in [6, 6.07) is 6.01. The second kappa shape index (κ2) is 8.12. The number of methoxy groups -OCH3 is 2. The number of nitrogens with zero attached hydrogens (tertiary/aromatic N) is 5. The Balaban J connectivity index is 1.55. The minimum Gasteiger partial charge on any atom is -0.493 e. The summed E-state index contributed by atoms with van der Waals surface area (Å²) in [4.78, 5) is 11.4. The zero-order valence-electron chi connectivity index (χ0n) is 16.3. The van der Waals surface area contributed by atoms with Crippen LogP contribution in [0.1, 0.15) is 23.6 Å². The van der Waals surface area contributed by atoms with E-state index in [1.165, 1.54) is 0 Å². The van der Waals surface area contributed by atoms with Crippen molar-refractivity contribution in [3.05, 3.63) is 41.9 Å². The zero-order valence-corrected chi connectivity index (χ0v) is 16.3. The van der Waals surface area contributed by atoms with Crippen molar-refractivity contribution in [2.45, 2.75) is 25.4 Å². The first-order valence-electron chi connectivity index (χ1n) is 9.54. The maximum Gasteiger partial charge on any atom is 0.177 e. The van der Waals surface area contributed by atoms with Crippen LogP contribution in [-0.4, -0.2) is 58.5 Å². The van der Waals surface area contributed by atoms with E-state index in [9.17, 15) is 0 Å². The van der Waals surface area contributed by atoms with Gasteiger partial charge in [0.15, 0.2) is 17.1 Å². The highest BCUT2D eigenvalue weighted by Gasteiger charge is 2.29. The van der Waals surface area contributed by atoms with Crippen LogP contribution in [0.5, 0.6) is 11.5 Å². The second-order valence-electron chi connectivity index (χ2n) is 7.00. The van der Waals surface area contributed by atoms with Crippen LogP contribution in [0.15, 0.2) is 30.6 Å². The number of hydrogen-bond acceptors (Lipinski definition) is 7. The quantitative estimate of drug-likeness (QED) is 0.666. The number of likely N-dealkylation sites (tertiary alicyclic amines) is 1. The largest absolute Gasteiger partial charge is 0.493 e. The van der Waals surface area contributed by atoms with Gasteiger partial charge in [0, 0.05) is 43.5 Å². The van der Waals surface area contributed by atoms with Gasteiger partial charge in [-0.15, -0.1) is 0 Å². The van der Waals surface area contributed by atoms with Crippen molar-refractivity contribution >= 4 is 11.2 Å². The Morgan fingerprint density at radius 1 is 1.18 bits per heavy atom. The van der Waals surface area contributed by atoms with E-state index in [0.29, 0.717) is 19.0 Å². The van der Waals surface area contributed by atoms with E-state index < -0.39 is 0 Å². The molecule has 0 spiro atoms. The van der Waals surface area contributed by atoms with Crippen LogP contribution in [0.4, 0.5) is 0 Å². The summed E-state index contributed by atoms with van der Waals surface area (Å²) in [5, 5.41) is 4.80. The smallest absolute Gasteiger partial charge is 0.177 e. The van der Waals surface area contributed by atoms with E-state index >= 15 is 0 Å². The number of nitrogens with two attached hydrogens (primary N) is 1. The maximum atomic E-state index is 5.73. The molecule has 28 heavy (non-hydrogen) atoms. The summed E-state index contributed by atoms with van der Waals surface area (Å²) < 4.78 is 12.9. The standard InChI is InChI=1S/C20H26N6O2/c1-27-16-5-3-4-15(19(16)28-2)13-25-10-6-14(12-25)17-18-20(23-9-8-22-18)26(24-17)11-7-21/h3-5,8-9,14H,6-7,10-13,21H2,1-2H3/t14-/m0/s1. The summed E-state index contributed by atoms with van der Waals surface area (Å²) in [5.41, 5.74) is 9.59. The number of fused-ring (bicyclic) bond motifs is 1. The summed E-state index contributed by atoms with van der Waals surface area (Å²) in [6.07, 6.45) is 4.47. The third-order valence-electron chi connectivity index (χ3n) is 5.27. The molecule has 8 nitrogen and oxygen atoms in total. The Bertz CT molecular complexity index is 957. The molecule has 0 amide bonds. The van der Waals surface area contributed by atoms with Crippen molar-refractivity contribution in [3.63, 3.8) is 0 Å². The number of aromatic nitrogens is 4. The van der Waals surface area contributed by atoms with Crippen molar-refractivity contribution in [2.24, 2.45) is 5.73 Å². The zero-order chi connectivity index (χ0) is 19.5. The van der Waals surface area contributed by atoms with E-state index in [1.54, 1.807) is 26.6 Å². The van der Waals surface area contributed by atoms with Gasteiger partial charge in [0.1, 0.15) is 5.52 Å². The lowest BCUT2D eigenvalue weighted by Crippen LogP contribution is -2.20. The summed E-state index contributed by atoms with van der Waals surface area (Å²) >= 11 is 0. The number of rotatable bonds is 7. The van der Waals surface area contributed by atoms with Gasteiger partial charge in [-0.1, -0.05) is 12.1 Å². The molecule has 1 saturated heterocycles. The van der Waals surface area contributed by atoms with Crippen molar-refractivity contribution in [3.8, 4) is 11.5 Å². The summed E-state index contributed by atoms with van der Waals surface area (Å²) in [6.45, 7) is 3.90. The molecule has 2 aromatic heterocycles. The molecular weight excluding hydrogens is 356 g/mol. The van der Waals surface area contributed by atoms with Crippen LogP contribution in [-0.2, 0) is 13.1 Å². The molecule has 0 radical (unpaired) electrons. The van der Waals surface area contributed by atoms with E-state index in [-0.39, 0.29) is 0 Å². The second-order valence-corrected chi connectivity index (χ2v) is 7.00. The van der Waals surface area contributed by atoms with Gasteiger partial charge in [0.25, 0.3) is 0 Å².